The number of alkyl halides is 8. The molecule has 10 aliphatic heterocycles. The molecule has 123 heavy (non-hydrogen) atoms. The minimum absolute atomic E-state index is 0.0560. The van der Waals surface area contributed by atoms with Crippen molar-refractivity contribution in [3.63, 3.8) is 0 Å². The zero-order chi connectivity index (χ0) is 86.3. The van der Waals surface area contributed by atoms with Gasteiger partial charge in [0.1, 0.15) is 0 Å². The summed E-state index contributed by atoms with van der Waals surface area (Å²) in [5, 5.41) is 50.9. The molecule has 28 heteroatoms. The maximum absolute atomic E-state index is 12.5. The van der Waals surface area contributed by atoms with E-state index in [1.54, 1.807) is 33.5 Å². The second kappa shape index (κ2) is 38.2. The van der Waals surface area contributed by atoms with Crippen molar-refractivity contribution in [2.45, 2.75) is 211 Å². The summed E-state index contributed by atoms with van der Waals surface area (Å²) in [4.78, 5) is 25.3. The van der Waals surface area contributed by atoms with E-state index in [4.69, 9.17) is 46.9 Å². The van der Waals surface area contributed by atoms with E-state index < -0.39 is 25.2 Å². The number of rotatable bonds is 17. The minimum Gasteiger partial charge on any atom is -0.504 e. The van der Waals surface area contributed by atoms with Crippen LogP contribution in [0.15, 0.2) is 91.0 Å². The first-order valence-electron chi connectivity index (χ1n) is 42.7. The van der Waals surface area contributed by atoms with Gasteiger partial charge in [0.2, 0.25) is 0 Å². The Kier molecular flexibility index (Phi) is 27.7. The van der Waals surface area contributed by atoms with E-state index in [1.807, 2.05) is 94.7 Å². The summed E-state index contributed by atoms with van der Waals surface area (Å²) in [5.41, 5.74) is 19.2. The molecular weight excluding hydrogens is 1720 g/mol. The van der Waals surface area contributed by atoms with Gasteiger partial charge < -0.3 is 49.2 Å². The van der Waals surface area contributed by atoms with Crippen molar-refractivity contribution in [2.75, 3.05) is 80.0 Å². The molecule has 0 unspecified atom stereocenters. The number of fused-ring (bicyclic) bond motifs is 20. The minimum atomic E-state index is -4.11. The van der Waals surface area contributed by atoms with Crippen LogP contribution in [0.5, 0.6) is 57.5 Å². The van der Waals surface area contributed by atoms with Crippen molar-refractivity contribution >= 4 is 79.9 Å². The average molecular weight is 1820 g/mol. The summed E-state index contributed by atoms with van der Waals surface area (Å²) in [7, 11) is 7.91. The molecule has 5 atom stereocenters. The third-order valence-corrected chi connectivity index (χ3v) is 33.0. The lowest BCUT2D eigenvalue weighted by atomic mass is 9.86. The lowest BCUT2D eigenvalue weighted by molar-refractivity contribution is -0.134. The van der Waals surface area contributed by atoms with Gasteiger partial charge in [-0.3, -0.25) is 24.5 Å². The monoisotopic (exact) mass is 1820 g/mol. The zero-order valence-corrected chi connectivity index (χ0v) is 75.8. The molecule has 5 N–H and O–H groups in total. The Morgan fingerprint density at radius 2 is 0.545 bits per heavy atom. The number of hydrogen-bond donors (Lipinski definition) is 5. The zero-order valence-electron chi connectivity index (χ0n) is 70.3. The topological polar surface area (TPSA) is 164 Å². The van der Waals surface area contributed by atoms with Crippen LogP contribution in [0, 0.1) is 0 Å². The number of methoxy groups -OCH3 is 5. The van der Waals surface area contributed by atoms with Gasteiger partial charge in [-0.15, -0.1) is 79.9 Å². The Hall–Kier alpha value is -7.44. The second-order valence-electron chi connectivity index (χ2n) is 33.6. The number of phenols is 5. The highest BCUT2D eigenvalue weighted by Gasteiger charge is 2.41. The van der Waals surface area contributed by atoms with Crippen molar-refractivity contribution in [2.24, 2.45) is 0 Å². The number of nitrogens with zero attached hydrogens (tertiary/aromatic N) is 5. The lowest BCUT2D eigenvalue weighted by Crippen LogP contribution is -2.38. The molecule has 0 spiro atoms. The van der Waals surface area contributed by atoms with Crippen LogP contribution in [0.3, 0.4) is 0 Å². The fourth-order valence-corrected chi connectivity index (χ4v) is 26.2. The molecule has 10 aromatic rings. The number of phenolic OH excluding ortho intramolecular Hbond substituents is 5. The molecule has 5 aromatic heterocycles. The van der Waals surface area contributed by atoms with Gasteiger partial charge in [0, 0.05) is 201 Å². The van der Waals surface area contributed by atoms with Gasteiger partial charge in [-0.05, 0) is 258 Å². The van der Waals surface area contributed by atoms with Crippen molar-refractivity contribution in [3.05, 3.63) is 223 Å². The number of benzene rings is 5. The molecule has 0 aliphatic carbocycles. The average Bonchev–Trinajstić information content (AvgIpc) is 1.57. The van der Waals surface area contributed by atoms with Crippen LogP contribution in [-0.4, -0.2) is 142 Å². The summed E-state index contributed by atoms with van der Waals surface area (Å²) in [5.74, 6) is 5.24. The van der Waals surface area contributed by atoms with Crippen LogP contribution in [0.25, 0.3) is 0 Å². The van der Waals surface area contributed by atoms with E-state index in [0.29, 0.717) is 46.9 Å². The van der Waals surface area contributed by atoms with Gasteiger partial charge in [-0.25, -0.2) is 0 Å². The lowest BCUT2D eigenvalue weighted by Gasteiger charge is -2.40. The molecule has 0 radical (unpaired) electrons. The summed E-state index contributed by atoms with van der Waals surface area (Å²) < 4.78 is 101. The number of halogens is 8. The summed E-state index contributed by atoms with van der Waals surface area (Å²) in [6.07, 6.45) is 6.55. The van der Waals surface area contributed by atoms with Crippen LogP contribution in [0.2, 0.25) is 0 Å². The molecule has 0 amide bonds. The Balaban J connectivity index is 0.000000114. The first-order valence-corrected chi connectivity index (χ1v) is 47.9. The smallest absolute Gasteiger partial charge is 0.389 e. The normalized spacial score (nSPS) is 19.6. The van der Waals surface area contributed by atoms with Crippen molar-refractivity contribution in [1.29, 1.82) is 0 Å². The largest absolute Gasteiger partial charge is 0.504 e. The quantitative estimate of drug-likeness (QED) is 0.0332. The fraction of sp³-hybridized carbons (Fsp3) is 0.474. The van der Waals surface area contributed by atoms with Gasteiger partial charge >= 0.3 is 12.4 Å². The van der Waals surface area contributed by atoms with Crippen molar-refractivity contribution in [3.8, 4) is 57.5 Å². The van der Waals surface area contributed by atoms with E-state index in [-0.39, 0.29) is 53.7 Å². The Morgan fingerprint density at radius 3 is 0.772 bits per heavy atom. The predicted molar refractivity (Wildman–Crippen MR) is 479 cm³/mol. The van der Waals surface area contributed by atoms with E-state index in [2.05, 4.69) is 49.6 Å². The molecule has 5 aromatic carbocycles. The van der Waals surface area contributed by atoms with Crippen LogP contribution in [0.4, 0.5) is 26.3 Å². The van der Waals surface area contributed by atoms with E-state index in [0.717, 1.165) is 206 Å². The molecule has 0 saturated carbocycles. The van der Waals surface area contributed by atoms with Gasteiger partial charge in [0.25, 0.3) is 0 Å². The molecule has 15 nitrogen and oxygen atoms in total. The molecule has 0 bridgehead atoms. The maximum atomic E-state index is 12.5. The molecule has 0 fully saturated rings. The molecule has 658 valence electrons. The maximum Gasteiger partial charge on any atom is 0.389 e. The Morgan fingerprint density at radius 1 is 0.317 bits per heavy atom. The third kappa shape index (κ3) is 19.8. The number of unbranched alkanes of at least 4 members (excludes halogenated alkanes) is 1. The van der Waals surface area contributed by atoms with Gasteiger partial charge in [-0.1, -0.05) is 6.92 Å². The van der Waals surface area contributed by atoms with Gasteiger partial charge in [0.15, 0.2) is 57.5 Å². The van der Waals surface area contributed by atoms with Crippen LogP contribution in [-0.2, 0) is 129 Å². The van der Waals surface area contributed by atoms with Crippen LogP contribution >= 0.6 is 79.9 Å². The standard InChI is InChI=1S/C20H24ClNO2S.C19H22ClNO2S.2C19H20F3NO2S.C18H21NO2S/c1-24-19-9-13-5-7-22-12-14-8-15(4-2-3-6-21)25-20(14)11-17(22)16(13)10-18(19)23;1-23-18-8-12-4-6-21-11-13-7-14(3-2-5-20)24-19(13)10-16(21)15(12)9-17(18)22;2*1-25-17-7-11-3-5-23-10-12-6-13(2-4-19(20,21)22)26-18(12)9-15(23)14(11)8-16(17)24;1-3-13-6-12-10-19-5-4-11-7-17(21-2)16(20)8-14(11)15(19)9-18(12)22-13/h8-10,17,23H,2-7,11-12H2,1H3;7-9,16,22H,2-6,10-11H2,1H3;2*6-8,15,24H,2-5,9-10H2,1H3;6-8,15,20H,3-5,9-10H2,1-2H3/t17-;16-;3*15-/m00000/s1. The molecule has 0 saturated heterocycles. The Labute approximate surface area is 745 Å². The highest BCUT2D eigenvalue weighted by atomic mass is 35.5. The van der Waals surface area contributed by atoms with E-state index >= 15 is 0 Å². The van der Waals surface area contributed by atoms with Gasteiger partial charge in [0.05, 0.1) is 35.5 Å². The summed E-state index contributed by atoms with van der Waals surface area (Å²) in [6, 6.07) is 31.7. The van der Waals surface area contributed by atoms with Crippen LogP contribution in [0.1, 0.15) is 201 Å². The molecular formula is C95H107Cl2F6N5O10S5. The number of thiophene rings is 5. The first kappa shape index (κ1) is 89.0. The fourth-order valence-electron chi connectivity index (χ4n) is 19.8. The second-order valence-corrected chi connectivity index (χ2v) is 40.5. The highest BCUT2D eigenvalue weighted by molar-refractivity contribution is 7.13. The summed E-state index contributed by atoms with van der Waals surface area (Å²) in [6.45, 7) is 11.9. The number of aromatic hydroxyl groups is 5. The number of ether oxygens (including phenoxy) is 5. The van der Waals surface area contributed by atoms with E-state index in [1.165, 1.54) is 144 Å². The third-order valence-electron chi connectivity index (χ3n) is 26.1. The SMILES string of the molecule is CCc1cc2c(s1)C[C@H]1c3cc(O)c(OC)cc3CCN1C2.COc1cc2c(cc1O)[C@@H]1Cc3sc(CCC(F)(F)F)cc3CN1CC2.COc1cc2c(cc1O)[C@@H]1Cc3sc(CCC(F)(F)F)cc3CN1CC2.COc1cc2c(cc1O)[C@@H]1Cc3sc(CCCCCl)cc3CN1CC2.COc1cc2c(cc1O)[C@@H]1Cc3sc(CCCCl)cc3CN1CC2. The molecule has 10 aliphatic rings. The van der Waals surface area contributed by atoms with E-state index in [9.17, 15) is 51.9 Å². The first-order chi connectivity index (χ1) is 59.2. The molecule has 20 rings (SSSR count). The Bertz CT molecular complexity index is 5310. The van der Waals surface area contributed by atoms with Gasteiger partial charge in [-0.2, -0.15) is 26.3 Å². The molecule has 15 heterocycles. The summed E-state index contributed by atoms with van der Waals surface area (Å²) >= 11 is 20.5. The highest BCUT2D eigenvalue weighted by Crippen LogP contribution is 2.52. The predicted octanol–water partition coefficient (Wildman–Crippen LogP) is 21.9. The van der Waals surface area contributed by atoms with Crippen LogP contribution < -0.4 is 23.7 Å². The number of hydrogen-bond acceptors (Lipinski definition) is 20. The number of aryl methyl sites for hydroxylation is 5. The van der Waals surface area contributed by atoms with Crippen molar-refractivity contribution < 1.29 is 75.6 Å². The van der Waals surface area contributed by atoms with Crippen molar-refractivity contribution in [1.82, 2.24) is 24.5 Å².